The van der Waals surface area contributed by atoms with Gasteiger partial charge in [0.05, 0.1) is 16.5 Å². The maximum atomic E-state index is 13.4. The van der Waals surface area contributed by atoms with Gasteiger partial charge in [-0.3, -0.25) is 4.79 Å². The Morgan fingerprint density at radius 1 is 1.09 bits per heavy atom. The van der Waals surface area contributed by atoms with Crippen molar-refractivity contribution in [2.75, 3.05) is 6.54 Å². The first-order chi connectivity index (χ1) is 15.1. The summed E-state index contributed by atoms with van der Waals surface area (Å²) in [6, 6.07) is 10.1. The molecule has 0 aromatic heterocycles. The fourth-order valence-corrected chi connectivity index (χ4v) is 4.89. The van der Waals surface area contributed by atoms with Crippen LogP contribution in [0.25, 0.3) is 0 Å². The molecule has 2 aliphatic carbocycles. The lowest BCUT2D eigenvalue weighted by atomic mass is 10.0. The first-order valence-corrected chi connectivity index (χ1v) is 12.1. The fourth-order valence-electron chi connectivity index (χ4n) is 3.72. The van der Waals surface area contributed by atoms with E-state index in [2.05, 4.69) is 4.72 Å². The van der Waals surface area contributed by atoms with E-state index in [0.29, 0.717) is 18.0 Å². The van der Waals surface area contributed by atoms with Gasteiger partial charge in [-0.25, -0.2) is 13.1 Å². The van der Waals surface area contributed by atoms with E-state index in [1.807, 2.05) is 0 Å². The minimum absolute atomic E-state index is 0.00599. The second-order valence-electron chi connectivity index (χ2n) is 8.57. The van der Waals surface area contributed by atoms with Gasteiger partial charge >= 0.3 is 6.18 Å². The highest BCUT2D eigenvalue weighted by molar-refractivity contribution is 7.89. The zero-order chi connectivity index (χ0) is 23.1. The number of rotatable bonds is 8. The number of sulfonamides is 1. The minimum Gasteiger partial charge on any atom is -0.329 e. The van der Waals surface area contributed by atoms with Crippen molar-refractivity contribution in [2.24, 2.45) is 5.92 Å². The molecule has 2 aromatic carbocycles. The zero-order valence-corrected chi connectivity index (χ0v) is 18.4. The van der Waals surface area contributed by atoms with Crippen molar-refractivity contribution in [2.45, 2.75) is 55.8 Å². The third-order valence-corrected chi connectivity index (χ3v) is 7.36. The lowest BCUT2D eigenvalue weighted by Gasteiger charge is -2.30. The van der Waals surface area contributed by atoms with Crippen LogP contribution in [0.3, 0.4) is 0 Å². The monoisotopic (exact) mass is 466 g/mol. The number of alkyl halides is 3. The molecule has 0 aliphatic heterocycles. The van der Waals surface area contributed by atoms with E-state index in [1.165, 1.54) is 30.3 Å². The number of nitrogens with zero attached hydrogens (tertiary/aromatic N) is 1. The predicted octanol–water partition coefficient (Wildman–Crippen LogP) is 4.76. The predicted molar refractivity (Wildman–Crippen MR) is 113 cm³/mol. The molecule has 2 fully saturated rings. The second-order valence-corrected chi connectivity index (χ2v) is 10.3. The quantitative estimate of drug-likeness (QED) is 0.610. The standard InChI is InChI=1S/C23H25F3N2O3S/c1-15(17-4-2-6-19(12-17)23(24,25)26)28(20-10-11-20)22(29)18-5-3-7-21(13-18)32(30,31)27-14-16-8-9-16/h2-7,12-13,15-16,20,27H,8-11,14H2,1H3. The van der Waals surface area contributed by atoms with Gasteiger partial charge in [-0.15, -0.1) is 0 Å². The van der Waals surface area contributed by atoms with E-state index in [4.69, 9.17) is 0 Å². The summed E-state index contributed by atoms with van der Waals surface area (Å²) in [5.74, 6) is -0.0232. The normalized spacial score (nSPS) is 17.8. The van der Waals surface area contributed by atoms with E-state index in [0.717, 1.165) is 37.8 Å². The number of benzene rings is 2. The van der Waals surface area contributed by atoms with Gasteiger partial charge in [-0.2, -0.15) is 13.2 Å². The van der Waals surface area contributed by atoms with Crippen LogP contribution in [0, 0.1) is 5.92 Å². The average Bonchev–Trinajstić information content (AvgIpc) is 3.67. The van der Waals surface area contributed by atoms with Crippen LogP contribution in [0.15, 0.2) is 53.4 Å². The molecular formula is C23H25F3N2O3S. The van der Waals surface area contributed by atoms with Gasteiger partial charge in [-0.1, -0.05) is 18.2 Å². The van der Waals surface area contributed by atoms with Crippen LogP contribution in [0.5, 0.6) is 0 Å². The largest absolute Gasteiger partial charge is 0.416 e. The van der Waals surface area contributed by atoms with E-state index in [9.17, 15) is 26.4 Å². The molecule has 0 saturated heterocycles. The van der Waals surface area contributed by atoms with Gasteiger partial charge in [0.1, 0.15) is 0 Å². The number of hydrogen-bond donors (Lipinski definition) is 1. The number of nitrogens with one attached hydrogen (secondary N) is 1. The van der Waals surface area contributed by atoms with Crippen molar-refractivity contribution in [1.29, 1.82) is 0 Å². The van der Waals surface area contributed by atoms with Crippen LogP contribution in [0.1, 0.15) is 60.1 Å². The molecule has 5 nitrogen and oxygen atoms in total. The Kier molecular flexibility index (Phi) is 6.06. The van der Waals surface area contributed by atoms with Gasteiger partial charge in [-0.05, 0) is 74.4 Å². The van der Waals surface area contributed by atoms with Gasteiger partial charge < -0.3 is 4.90 Å². The highest BCUT2D eigenvalue weighted by Crippen LogP contribution is 2.38. The maximum Gasteiger partial charge on any atom is 0.416 e. The van der Waals surface area contributed by atoms with Crippen LogP contribution < -0.4 is 4.72 Å². The van der Waals surface area contributed by atoms with Crippen molar-refractivity contribution in [3.05, 3.63) is 65.2 Å². The molecule has 9 heteroatoms. The van der Waals surface area contributed by atoms with E-state index in [-0.39, 0.29) is 16.5 Å². The SMILES string of the molecule is CC(c1cccc(C(F)(F)F)c1)N(C(=O)c1cccc(S(=O)(=O)NCC2CC2)c1)C1CC1. The van der Waals surface area contributed by atoms with Gasteiger partial charge in [0.2, 0.25) is 10.0 Å². The van der Waals surface area contributed by atoms with E-state index < -0.39 is 33.7 Å². The van der Waals surface area contributed by atoms with Crippen LogP contribution in [-0.2, 0) is 16.2 Å². The molecule has 0 spiro atoms. The highest BCUT2D eigenvalue weighted by Gasteiger charge is 2.38. The molecule has 2 aromatic rings. The molecular weight excluding hydrogens is 441 g/mol. The molecule has 32 heavy (non-hydrogen) atoms. The van der Waals surface area contributed by atoms with Crippen LogP contribution >= 0.6 is 0 Å². The molecule has 4 rings (SSSR count). The molecule has 1 unspecified atom stereocenters. The van der Waals surface area contributed by atoms with Crippen LogP contribution in [0.2, 0.25) is 0 Å². The van der Waals surface area contributed by atoms with Gasteiger partial charge in [0.15, 0.2) is 0 Å². The molecule has 0 bridgehead atoms. The summed E-state index contributed by atoms with van der Waals surface area (Å²) < 4.78 is 67.2. The Morgan fingerprint density at radius 2 is 1.78 bits per heavy atom. The minimum atomic E-state index is -4.47. The molecule has 1 atom stereocenters. The third-order valence-electron chi connectivity index (χ3n) is 5.94. The molecule has 172 valence electrons. The van der Waals surface area contributed by atoms with Crippen molar-refractivity contribution in [3.63, 3.8) is 0 Å². The molecule has 2 aliphatic rings. The van der Waals surface area contributed by atoms with E-state index >= 15 is 0 Å². The number of carbonyl (C=O) groups is 1. The van der Waals surface area contributed by atoms with Crippen molar-refractivity contribution < 1.29 is 26.4 Å². The Bertz CT molecular complexity index is 1110. The summed E-state index contributed by atoms with van der Waals surface area (Å²) in [6.45, 7) is 2.07. The third kappa shape index (κ3) is 5.15. The maximum absolute atomic E-state index is 13.4. The summed E-state index contributed by atoms with van der Waals surface area (Å²) in [4.78, 5) is 14.9. The van der Waals surface area contributed by atoms with Crippen molar-refractivity contribution in [1.82, 2.24) is 9.62 Å². The smallest absolute Gasteiger partial charge is 0.329 e. The molecule has 1 N–H and O–H groups in total. The Balaban J connectivity index is 1.59. The Morgan fingerprint density at radius 3 is 2.41 bits per heavy atom. The lowest BCUT2D eigenvalue weighted by Crippen LogP contribution is -2.36. The second kappa shape index (κ2) is 8.51. The molecule has 0 radical (unpaired) electrons. The van der Waals surface area contributed by atoms with Crippen LogP contribution in [-0.4, -0.2) is 31.8 Å². The molecule has 1 amide bonds. The number of hydrogen-bond acceptors (Lipinski definition) is 3. The summed E-state index contributed by atoms with van der Waals surface area (Å²) in [5, 5.41) is 0. The average molecular weight is 467 g/mol. The van der Waals surface area contributed by atoms with E-state index in [1.54, 1.807) is 17.9 Å². The number of carbonyl (C=O) groups excluding carboxylic acids is 1. The zero-order valence-electron chi connectivity index (χ0n) is 17.6. The highest BCUT2D eigenvalue weighted by atomic mass is 32.2. The summed E-state index contributed by atoms with van der Waals surface area (Å²) in [6.07, 6.45) is -0.943. The Hall–Kier alpha value is -2.39. The summed E-state index contributed by atoms with van der Waals surface area (Å²) in [5.41, 5.74) is -0.181. The van der Waals surface area contributed by atoms with Gasteiger partial charge in [0.25, 0.3) is 5.91 Å². The topological polar surface area (TPSA) is 66.5 Å². The summed E-state index contributed by atoms with van der Waals surface area (Å²) >= 11 is 0. The first-order valence-electron chi connectivity index (χ1n) is 10.7. The summed E-state index contributed by atoms with van der Waals surface area (Å²) in [7, 11) is -3.74. The first kappa shape index (κ1) is 22.8. The lowest BCUT2D eigenvalue weighted by molar-refractivity contribution is -0.137. The number of halogens is 3. The molecule has 0 heterocycles. The number of amides is 1. The van der Waals surface area contributed by atoms with Crippen LogP contribution in [0.4, 0.5) is 13.2 Å². The van der Waals surface area contributed by atoms with Crippen molar-refractivity contribution >= 4 is 15.9 Å². The molecule has 2 saturated carbocycles. The van der Waals surface area contributed by atoms with Gasteiger partial charge in [0, 0.05) is 18.2 Å². The Labute approximate surface area is 185 Å². The van der Waals surface area contributed by atoms with Crippen molar-refractivity contribution in [3.8, 4) is 0 Å². The fraction of sp³-hybridized carbons (Fsp3) is 0.435.